The molecule has 0 atom stereocenters. The van der Waals surface area contributed by atoms with Crippen LogP contribution in [0.3, 0.4) is 0 Å². The standard InChI is InChI=1S/C15H16N2O2/c1-10(2)19-15-7-4-12(8-11(15)3)14-6-5-13(9-18)16-17-14/h4-10H,1-3H3. The lowest BCUT2D eigenvalue weighted by Crippen LogP contribution is -2.06. The average molecular weight is 256 g/mol. The quantitative estimate of drug-likeness (QED) is 0.789. The van der Waals surface area contributed by atoms with E-state index in [0.717, 1.165) is 22.6 Å². The molecule has 0 spiro atoms. The molecule has 2 rings (SSSR count). The van der Waals surface area contributed by atoms with Gasteiger partial charge in [-0.05, 0) is 56.7 Å². The maximum absolute atomic E-state index is 10.5. The summed E-state index contributed by atoms with van der Waals surface area (Å²) in [5.74, 6) is 0.872. The van der Waals surface area contributed by atoms with E-state index in [1.165, 1.54) is 0 Å². The van der Waals surface area contributed by atoms with Crippen LogP contribution >= 0.6 is 0 Å². The van der Waals surface area contributed by atoms with E-state index < -0.39 is 0 Å². The highest BCUT2D eigenvalue weighted by Crippen LogP contribution is 2.25. The summed E-state index contributed by atoms with van der Waals surface area (Å²) < 4.78 is 5.69. The van der Waals surface area contributed by atoms with Crippen LogP contribution in [-0.4, -0.2) is 22.6 Å². The van der Waals surface area contributed by atoms with Crippen molar-refractivity contribution in [3.05, 3.63) is 41.6 Å². The molecule has 0 saturated heterocycles. The van der Waals surface area contributed by atoms with Crippen molar-refractivity contribution in [3.63, 3.8) is 0 Å². The molecule has 0 bridgehead atoms. The van der Waals surface area contributed by atoms with Gasteiger partial charge in [0.25, 0.3) is 0 Å². The van der Waals surface area contributed by atoms with Gasteiger partial charge in [-0.15, -0.1) is 10.2 Å². The third kappa shape index (κ3) is 3.16. The van der Waals surface area contributed by atoms with E-state index in [1.54, 1.807) is 12.1 Å². The fourth-order valence-electron chi connectivity index (χ4n) is 1.75. The van der Waals surface area contributed by atoms with Crippen LogP contribution in [0.4, 0.5) is 0 Å². The number of rotatable bonds is 4. The summed E-state index contributed by atoms with van der Waals surface area (Å²) in [5, 5.41) is 7.85. The predicted octanol–water partition coefficient (Wildman–Crippen LogP) is 3.05. The zero-order valence-corrected chi connectivity index (χ0v) is 11.3. The molecule has 0 radical (unpaired) electrons. The molecule has 0 saturated carbocycles. The van der Waals surface area contributed by atoms with Gasteiger partial charge >= 0.3 is 0 Å². The Kier molecular flexibility index (Phi) is 3.90. The van der Waals surface area contributed by atoms with Gasteiger partial charge in [0, 0.05) is 5.56 Å². The average Bonchev–Trinajstić information content (AvgIpc) is 2.41. The third-order valence-corrected chi connectivity index (χ3v) is 2.64. The zero-order valence-electron chi connectivity index (χ0n) is 11.3. The zero-order chi connectivity index (χ0) is 13.8. The van der Waals surface area contributed by atoms with E-state index in [1.807, 2.05) is 39.0 Å². The van der Waals surface area contributed by atoms with Crippen molar-refractivity contribution < 1.29 is 9.53 Å². The van der Waals surface area contributed by atoms with Gasteiger partial charge in [0.05, 0.1) is 11.8 Å². The number of hydrogen-bond donors (Lipinski definition) is 0. The third-order valence-electron chi connectivity index (χ3n) is 2.64. The van der Waals surface area contributed by atoms with Crippen LogP contribution in [0.1, 0.15) is 29.9 Å². The number of hydrogen-bond acceptors (Lipinski definition) is 4. The van der Waals surface area contributed by atoms with Gasteiger partial charge in [-0.3, -0.25) is 4.79 Å². The molecule has 2 aromatic rings. The van der Waals surface area contributed by atoms with Crippen molar-refractivity contribution >= 4 is 6.29 Å². The normalized spacial score (nSPS) is 10.5. The molecule has 4 nitrogen and oxygen atoms in total. The Balaban J connectivity index is 2.30. The molecular weight excluding hydrogens is 240 g/mol. The fraction of sp³-hybridized carbons (Fsp3) is 0.267. The Morgan fingerprint density at radius 1 is 1.16 bits per heavy atom. The molecular formula is C15H16N2O2. The molecule has 4 heteroatoms. The van der Waals surface area contributed by atoms with Crippen molar-refractivity contribution in [1.82, 2.24) is 10.2 Å². The van der Waals surface area contributed by atoms with Crippen molar-refractivity contribution in [2.24, 2.45) is 0 Å². The van der Waals surface area contributed by atoms with Gasteiger partial charge < -0.3 is 4.74 Å². The minimum absolute atomic E-state index is 0.149. The van der Waals surface area contributed by atoms with Crippen LogP contribution in [0.2, 0.25) is 0 Å². The summed E-state index contributed by atoms with van der Waals surface area (Å²) >= 11 is 0. The molecule has 1 aromatic heterocycles. The van der Waals surface area contributed by atoms with Crippen LogP contribution in [0.25, 0.3) is 11.3 Å². The predicted molar refractivity (Wildman–Crippen MR) is 73.4 cm³/mol. The number of ether oxygens (including phenoxy) is 1. The van der Waals surface area contributed by atoms with Crippen molar-refractivity contribution in [2.45, 2.75) is 26.9 Å². The van der Waals surface area contributed by atoms with Crippen molar-refractivity contribution in [2.75, 3.05) is 0 Å². The molecule has 19 heavy (non-hydrogen) atoms. The monoisotopic (exact) mass is 256 g/mol. The minimum atomic E-state index is 0.149. The smallest absolute Gasteiger partial charge is 0.170 e. The highest BCUT2D eigenvalue weighted by Gasteiger charge is 2.06. The first-order chi connectivity index (χ1) is 9.10. The van der Waals surface area contributed by atoms with Crippen molar-refractivity contribution in [1.29, 1.82) is 0 Å². The molecule has 0 aliphatic carbocycles. The fourth-order valence-corrected chi connectivity index (χ4v) is 1.75. The molecule has 1 aromatic carbocycles. The number of carbonyl (C=O) groups excluding carboxylic acids is 1. The van der Waals surface area contributed by atoms with Crippen LogP contribution in [0.5, 0.6) is 5.75 Å². The number of carbonyl (C=O) groups is 1. The number of aryl methyl sites for hydroxylation is 1. The van der Waals surface area contributed by atoms with E-state index in [0.29, 0.717) is 12.0 Å². The van der Waals surface area contributed by atoms with E-state index in [2.05, 4.69) is 10.2 Å². The number of benzene rings is 1. The SMILES string of the molecule is Cc1cc(-c2ccc(C=O)nn2)ccc1OC(C)C. The molecule has 0 unspecified atom stereocenters. The minimum Gasteiger partial charge on any atom is -0.491 e. The molecule has 98 valence electrons. The number of aldehydes is 1. The Morgan fingerprint density at radius 2 is 1.95 bits per heavy atom. The van der Waals surface area contributed by atoms with E-state index in [4.69, 9.17) is 4.74 Å². The second kappa shape index (κ2) is 5.61. The Labute approximate surface area is 112 Å². The lowest BCUT2D eigenvalue weighted by atomic mass is 10.1. The summed E-state index contributed by atoms with van der Waals surface area (Å²) in [4.78, 5) is 10.5. The molecule has 0 amide bonds. The summed E-state index contributed by atoms with van der Waals surface area (Å²) in [6, 6.07) is 9.31. The van der Waals surface area contributed by atoms with Crippen LogP contribution in [0.15, 0.2) is 30.3 Å². The molecule has 0 aliphatic rings. The highest BCUT2D eigenvalue weighted by atomic mass is 16.5. The topological polar surface area (TPSA) is 52.1 Å². The number of aromatic nitrogens is 2. The largest absolute Gasteiger partial charge is 0.491 e. The molecule has 0 aliphatic heterocycles. The van der Waals surface area contributed by atoms with Crippen LogP contribution < -0.4 is 4.74 Å². The van der Waals surface area contributed by atoms with Gasteiger partial charge in [0.15, 0.2) is 6.29 Å². The Bertz CT molecular complexity index is 577. The Hall–Kier alpha value is -2.23. The summed E-state index contributed by atoms with van der Waals surface area (Å²) in [6.07, 6.45) is 0.831. The first-order valence-electron chi connectivity index (χ1n) is 6.16. The van der Waals surface area contributed by atoms with Gasteiger partial charge in [-0.25, -0.2) is 0 Å². The van der Waals surface area contributed by atoms with Gasteiger partial charge in [-0.1, -0.05) is 0 Å². The van der Waals surface area contributed by atoms with Crippen LogP contribution in [-0.2, 0) is 0 Å². The van der Waals surface area contributed by atoms with E-state index in [-0.39, 0.29) is 6.10 Å². The van der Waals surface area contributed by atoms with Gasteiger partial charge in [0.2, 0.25) is 0 Å². The first kappa shape index (κ1) is 13.2. The molecule has 0 fully saturated rings. The van der Waals surface area contributed by atoms with E-state index >= 15 is 0 Å². The highest BCUT2D eigenvalue weighted by molar-refractivity contribution is 5.72. The second-order valence-electron chi connectivity index (χ2n) is 4.61. The summed E-state index contributed by atoms with van der Waals surface area (Å²) in [7, 11) is 0. The molecule has 1 heterocycles. The lowest BCUT2D eigenvalue weighted by Gasteiger charge is -2.13. The summed E-state index contributed by atoms with van der Waals surface area (Å²) in [5.41, 5.74) is 3.08. The molecule has 0 N–H and O–H groups in total. The van der Waals surface area contributed by atoms with Crippen molar-refractivity contribution in [3.8, 4) is 17.0 Å². The van der Waals surface area contributed by atoms with E-state index in [9.17, 15) is 4.79 Å². The Morgan fingerprint density at radius 3 is 2.47 bits per heavy atom. The van der Waals surface area contributed by atoms with Gasteiger partial charge in [0.1, 0.15) is 11.4 Å². The van der Waals surface area contributed by atoms with Gasteiger partial charge in [-0.2, -0.15) is 0 Å². The maximum atomic E-state index is 10.5. The number of nitrogens with zero attached hydrogens (tertiary/aromatic N) is 2. The maximum Gasteiger partial charge on any atom is 0.170 e. The summed E-state index contributed by atoms with van der Waals surface area (Å²) in [6.45, 7) is 5.99. The first-order valence-corrected chi connectivity index (χ1v) is 6.16. The lowest BCUT2D eigenvalue weighted by molar-refractivity contribution is 0.111. The second-order valence-corrected chi connectivity index (χ2v) is 4.61. The van der Waals surface area contributed by atoms with Crippen LogP contribution in [0, 0.1) is 6.92 Å².